The Morgan fingerprint density at radius 2 is 2.17 bits per heavy atom. The van der Waals surface area contributed by atoms with E-state index in [2.05, 4.69) is 0 Å². The van der Waals surface area contributed by atoms with Crippen molar-refractivity contribution in [3.05, 3.63) is 12.2 Å². The van der Waals surface area contributed by atoms with E-state index in [4.69, 9.17) is 28.3 Å². The number of hydrogen-bond acceptors (Lipinski definition) is 2. The van der Waals surface area contributed by atoms with E-state index in [0.29, 0.717) is 6.42 Å². The van der Waals surface area contributed by atoms with Crippen LogP contribution in [-0.2, 0) is 4.79 Å². The maximum atomic E-state index is 10.5. The van der Waals surface area contributed by atoms with Crippen LogP contribution >= 0.6 is 23.2 Å². The summed E-state index contributed by atoms with van der Waals surface area (Å²) in [5, 5.41) is 17.9. The minimum Gasteiger partial charge on any atom is -0.479 e. The predicted molar refractivity (Wildman–Crippen MR) is 45.3 cm³/mol. The molecule has 2 atom stereocenters. The van der Waals surface area contributed by atoms with E-state index in [1.165, 1.54) is 6.08 Å². The van der Waals surface area contributed by atoms with Crippen LogP contribution in [0.3, 0.4) is 0 Å². The number of rotatable bonds is 2. The first-order valence-electron chi connectivity index (χ1n) is 3.42. The number of hydrogen-bond donors (Lipinski definition) is 2. The molecule has 1 rings (SSSR count). The van der Waals surface area contributed by atoms with Crippen molar-refractivity contribution in [3.63, 3.8) is 0 Å². The molecule has 0 amide bonds. The van der Waals surface area contributed by atoms with Crippen LogP contribution in [0.2, 0.25) is 0 Å². The first kappa shape index (κ1) is 9.84. The zero-order valence-corrected chi connectivity index (χ0v) is 7.59. The van der Waals surface area contributed by atoms with E-state index >= 15 is 0 Å². The number of carboxylic acid groups (broad SMARTS) is 1. The van der Waals surface area contributed by atoms with Gasteiger partial charge in [-0.15, -0.1) is 0 Å². The average molecular weight is 211 g/mol. The number of halogens is 2. The smallest absolute Gasteiger partial charge is 0.340 e. The molecule has 1 aliphatic rings. The van der Waals surface area contributed by atoms with Crippen molar-refractivity contribution in [2.75, 3.05) is 0 Å². The highest BCUT2D eigenvalue weighted by Crippen LogP contribution is 2.37. The third-order valence-electron chi connectivity index (χ3n) is 1.84. The standard InChI is InChI=1S/C7H8Cl2O3/c8-7(9,6(11)12)4-2-1-3-5(4)10/h1-2,4-5,10H,3H2,(H,11,12)/t4-,5+/m0/s1. The van der Waals surface area contributed by atoms with Crippen molar-refractivity contribution in [1.29, 1.82) is 0 Å². The number of aliphatic carboxylic acids is 1. The summed E-state index contributed by atoms with van der Waals surface area (Å²) in [5.41, 5.74) is 0. The number of aliphatic hydroxyl groups is 1. The summed E-state index contributed by atoms with van der Waals surface area (Å²) in [7, 11) is 0. The van der Waals surface area contributed by atoms with E-state index in [-0.39, 0.29) is 0 Å². The summed E-state index contributed by atoms with van der Waals surface area (Å²) in [6.07, 6.45) is 2.80. The van der Waals surface area contributed by atoms with Gasteiger partial charge in [0.05, 0.1) is 6.10 Å². The van der Waals surface area contributed by atoms with E-state index in [1.807, 2.05) is 0 Å². The van der Waals surface area contributed by atoms with Crippen LogP contribution in [0.4, 0.5) is 0 Å². The molecule has 0 aliphatic heterocycles. The summed E-state index contributed by atoms with van der Waals surface area (Å²) in [5.74, 6) is -2.06. The van der Waals surface area contributed by atoms with Crippen molar-refractivity contribution in [2.45, 2.75) is 16.9 Å². The average Bonchev–Trinajstić information content (AvgIpc) is 2.35. The van der Waals surface area contributed by atoms with Crippen molar-refractivity contribution in [1.82, 2.24) is 0 Å². The normalized spacial score (nSPS) is 29.2. The molecule has 68 valence electrons. The molecule has 0 saturated heterocycles. The van der Waals surface area contributed by atoms with E-state index in [1.54, 1.807) is 6.08 Å². The van der Waals surface area contributed by atoms with Gasteiger partial charge in [-0.05, 0) is 6.42 Å². The van der Waals surface area contributed by atoms with Gasteiger partial charge in [-0.1, -0.05) is 35.4 Å². The molecule has 0 saturated carbocycles. The molecule has 0 fully saturated rings. The first-order chi connectivity index (χ1) is 5.46. The van der Waals surface area contributed by atoms with Gasteiger partial charge in [0, 0.05) is 5.92 Å². The fourth-order valence-corrected chi connectivity index (χ4v) is 1.58. The molecule has 0 aromatic heterocycles. The zero-order chi connectivity index (χ0) is 9.35. The third kappa shape index (κ3) is 1.58. The van der Waals surface area contributed by atoms with Crippen molar-refractivity contribution < 1.29 is 15.0 Å². The largest absolute Gasteiger partial charge is 0.479 e. The van der Waals surface area contributed by atoms with Crippen LogP contribution in [-0.4, -0.2) is 26.6 Å². The van der Waals surface area contributed by atoms with Crippen molar-refractivity contribution in [2.24, 2.45) is 5.92 Å². The van der Waals surface area contributed by atoms with Crippen LogP contribution < -0.4 is 0 Å². The lowest BCUT2D eigenvalue weighted by Gasteiger charge is -2.23. The SMILES string of the molecule is O=C(O)C(Cl)(Cl)[C@H]1C=CC[C@H]1O. The van der Waals surface area contributed by atoms with Gasteiger partial charge in [0.2, 0.25) is 4.33 Å². The Labute approximate surface area is 79.6 Å². The van der Waals surface area contributed by atoms with Crippen LogP contribution in [0, 0.1) is 5.92 Å². The Morgan fingerprint density at radius 1 is 1.58 bits per heavy atom. The second-order valence-electron chi connectivity index (χ2n) is 2.69. The van der Waals surface area contributed by atoms with Gasteiger partial charge in [0.15, 0.2) is 0 Å². The Kier molecular flexibility index (Phi) is 2.66. The van der Waals surface area contributed by atoms with Crippen LogP contribution in [0.1, 0.15) is 6.42 Å². The number of carboxylic acids is 1. The van der Waals surface area contributed by atoms with Gasteiger partial charge in [-0.3, -0.25) is 0 Å². The van der Waals surface area contributed by atoms with Crippen LogP contribution in [0.15, 0.2) is 12.2 Å². The quantitative estimate of drug-likeness (QED) is 0.532. The molecule has 5 heteroatoms. The first-order valence-corrected chi connectivity index (χ1v) is 4.17. The van der Waals surface area contributed by atoms with E-state index in [0.717, 1.165) is 0 Å². The molecule has 0 bridgehead atoms. The molecular formula is C7H8Cl2O3. The van der Waals surface area contributed by atoms with Crippen molar-refractivity contribution >= 4 is 29.2 Å². The second-order valence-corrected chi connectivity index (χ2v) is 4.07. The molecule has 2 N–H and O–H groups in total. The summed E-state index contributed by atoms with van der Waals surface area (Å²) in [6.45, 7) is 0. The maximum Gasteiger partial charge on any atom is 0.340 e. The number of carbonyl (C=O) groups is 1. The Hall–Kier alpha value is -0.250. The topological polar surface area (TPSA) is 57.5 Å². The summed E-state index contributed by atoms with van der Waals surface area (Å²) < 4.78 is -1.92. The minimum absolute atomic E-state index is 0.402. The molecule has 0 aromatic carbocycles. The fraction of sp³-hybridized carbons (Fsp3) is 0.571. The minimum atomic E-state index is -1.92. The Morgan fingerprint density at radius 3 is 2.50 bits per heavy atom. The van der Waals surface area contributed by atoms with Gasteiger partial charge in [-0.2, -0.15) is 0 Å². The Balaban J connectivity index is 2.81. The van der Waals surface area contributed by atoms with Gasteiger partial charge in [0.1, 0.15) is 0 Å². The molecule has 0 spiro atoms. The van der Waals surface area contributed by atoms with Gasteiger partial charge in [0.25, 0.3) is 0 Å². The number of alkyl halides is 2. The predicted octanol–water partition coefficient (Wildman–Crippen LogP) is 1.18. The van der Waals surface area contributed by atoms with E-state index < -0.39 is 22.3 Å². The van der Waals surface area contributed by atoms with Gasteiger partial charge in [-0.25, -0.2) is 4.79 Å². The third-order valence-corrected chi connectivity index (χ3v) is 2.67. The zero-order valence-electron chi connectivity index (χ0n) is 6.08. The van der Waals surface area contributed by atoms with Crippen LogP contribution in [0.25, 0.3) is 0 Å². The molecule has 0 unspecified atom stereocenters. The summed E-state index contributed by atoms with van der Waals surface area (Å²) >= 11 is 11.1. The highest BCUT2D eigenvalue weighted by Gasteiger charge is 2.46. The fourth-order valence-electron chi connectivity index (χ4n) is 1.14. The summed E-state index contributed by atoms with van der Waals surface area (Å²) in [4.78, 5) is 10.5. The molecule has 1 aliphatic carbocycles. The maximum absolute atomic E-state index is 10.5. The molecule has 0 heterocycles. The highest BCUT2D eigenvalue weighted by molar-refractivity contribution is 6.57. The molecule has 0 radical (unpaired) electrons. The molecule has 3 nitrogen and oxygen atoms in total. The lowest BCUT2D eigenvalue weighted by atomic mass is 10.0. The van der Waals surface area contributed by atoms with Gasteiger partial charge < -0.3 is 10.2 Å². The van der Waals surface area contributed by atoms with Crippen LogP contribution in [0.5, 0.6) is 0 Å². The number of aliphatic hydroxyl groups excluding tert-OH is 1. The molecular weight excluding hydrogens is 203 g/mol. The lowest BCUT2D eigenvalue weighted by Crippen LogP contribution is -2.38. The summed E-state index contributed by atoms with van der Waals surface area (Å²) in [6, 6.07) is 0. The highest BCUT2D eigenvalue weighted by atomic mass is 35.5. The van der Waals surface area contributed by atoms with E-state index in [9.17, 15) is 9.90 Å². The monoisotopic (exact) mass is 210 g/mol. The van der Waals surface area contributed by atoms with Gasteiger partial charge >= 0.3 is 5.97 Å². The Bertz CT molecular complexity index is 225. The lowest BCUT2D eigenvalue weighted by molar-refractivity contribution is -0.139. The van der Waals surface area contributed by atoms with Crippen molar-refractivity contribution in [3.8, 4) is 0 Å². The second kappa shape index (κ2) is 3.24. The molecule has 12 heavy (non-hydrogen) atoms. The molecule has 0 aromatic rings.